The molecule has 0 heterocycles. The van der Waals surface area contributed by atoms with E-state index in [0.717, 1.165) is 23.1 Å². The molecule has 0 bridgehead atoms. The fourth-order valence-electron chi connectivity index (χ4n) is 1.95. The third-order valence-electron chi connectivity index (χ3n) is 3.29. The Bertz CT molecular complexity index is 659. The van der Waals surface area contributed by atoms with Crippen molar-refractivity contribution >= 4 is 23.4 Å². The molecule has 1 N–H and O–H groups in total. The molecule has 1 saturated carbocycles. The van der Waals surface area contributed by atoms with Gasteiger partial charge in [-0.1, -0.05) is 29.4 Å². The summed E-state index contributed by atoms with van der Waals surface area (Å²) in [6.07, 6.45) is 2.50. The van der Waals surface area contributed by atoms with Gasteiger partial charge in [-0.15, -0.1) is 0 Å². The molecule has 5 heteroatoms. The van der Waals surface area contributed by atoms with Crippen LogP contribution in [0.4, 0.5) is 8.78 Å². The summed E-state index contributed by atoms with van der Waals surface area (Å²) in [7, 11) is 0. The van der Waals surface area contributed by atoms with Crippen molar-refractivity contribution in [3.8, 4) is 0 Å². The number of benzene rings is 2. The van der Waals surface area contributed by atoms with E-state index in [-0.39, 0.29) is 0 Å². The molecule has 2 aromatic rings. The highest BCUT2D eigenvalue weighted by Crippen LogP contribution is 2.34. The smallest absolute Gasteiger partial charge is 0.159 e. The number of halogens is 3. The number of nitrogens with one attached hydrogen (secondary N) is 1. The van der Waals surface area contributed by atoms with Crippen LogP contribution in [0.25, 0.3) is 0 Å². The maximum atomic E-state index is 13.2. The minimum Gasteiger partial charge on any atom is -0.310 e. The van der Waals surface area contributed by atoms with Crippen molar-refractivity contribution in [1.82, 2.24) is 5.32 Å². The van der Waals surface area contributed by atoms with Crippen LogP contribution < -0.4 is 5.32 Å². The Morgan fingerprint density at radius 3 is 2.57 bits per heavy atom. The molecule has 1 aliphatic rings. The van der Waals surface area contributed by atoms with Gasteiger partial charge in [0.25, 0.3) is 0 Å². The first-order chi connectivity index (χ1) is 10.1. The van der Waals surface area contributed by atoms with Crippen molar-refractivity contribution in [2.24, 2.45) is 0 Å². The first-order valence-electron chi connectivity index (χ1n) is 6.76. The summed E-state index contributed by atoms with van der Waals surface area (Å²) in [5, 5.41) is 4.05. The molecule has 2 aromatic carbocycles. The van der Waals surface area contributed by atoms with E-state index in [0.29, 0.717) is 16.0 Å². The van der Waals surface area contributed by atoms with Crippen molar-refractivity contribution in [1.29, 1.82) is 0 Å². The topological polar surface area (TPSA) is 12.0 Å². The predicted octanol–water partition coefficient (Wildman–Crippen LogP) is 5.02. The minimum absolute atomic E-state index is 0.625. The summed E-state index contributed by atoms with van der Waals surface area (Å²) in [5.74, 6) is -1.69. The van der Waals surface area contributed by atoms with E-state index in [1.54, 1.807) is 6.07 Å². The lowest BCUT2D eigenvalue weighted by Gasteiger charge is -2.08. The molecule has 1 fully saturated rings. The Morgan fingerprint density at radius 1 is 1.10 bits per heavy atom. The Labute approximate surface area is 131 Å². The van der Waals surface area contributed by atoms with Crippen molar-refractivity contribution in [2.75, 3.05) is 0 Å². The normalized spacial score (nSPS) is 14.4. The zero-order chi connectivity index (χ0) is 14.8. The average Bonchev–Trinajstić information content (AvgIpc) is 3.27. The molecule has 3 rings (SSSR count). The van der Waals surface area contributed by atoms with E-state index < -0.39 is 11.6 Å². The lowest BCUT2D eigenvalue weighted by atomic mass is 10.2. The van der Waals surface area contributed by atoms with E-state index >= 15 is 0 Å². The quantitative estimate of drug-likeness (QED) is 0.828. The van der Waals surface area contributed by atoms with Gasteiger partial charge in [-0.25, -0.2) is 8.78 Å². The van der Waals surface area contributed by atoms with Gasteiger partial charge < -0.3 is 5.32 Å². The maximum absolute atomic E-state index is 13.2. The molecule has 0 spiro atoms. The van der Waals surface area contributed by atoms with Gasteiger partial charge in [0, 0.05) is 22.4 Å². The molecule has 0 aliphatic heterocycles. The van der Waals surface area contributed by atoms with Crippen LogP contribution in [0, 0.1) is 11.6 Å². The third kappa shape index (κ3) is 3.96. The van der Waals surface area contributed by atoms with Crippen LogP contribution in [0.1, 0.15) is 18.4 Å². The summed E-state index contributed by atoms with van der Waals surface area (Å²) in [4.78, 5) is 1.46. The highest BCUT2D eigenvalue weighted by Gasteiger charge is 2.20. The monoisotopic (exact) mass is 325 g/mol. The van der Waals surface area contributed by atoms with Gasteiger partial charge in [0.05, 0.1) is 5.02 Å². The molecule has 1 aliphatic carbocycles. The predicted molar refractivity (Wildman–Crippen MR) is 81.8 cm³/mol. The second-order valence-electron chi connectivity index (χ2n) is 5.10. The van der Waals surface area contributed by atoms with Crippen molar-refractivity contribution in [2.45, 2.75) is 35.2 Å². The summed E-state index contributed by atoms with van der Waals surface area (Å²) in [6.45, 7) is 0.806. The van der Waals surface area contributed by atoms with Gasteiger partial charge in [-0.2, -0.15) is 0 Å². The number of hydrogen-bond donors (Lipinski definition) is 1. The van der Waals surface area contributed by atoms with Crippen LogP contribution in [-0.2, 0) is 6.54 Å². The van der Waals surface area contributed by atoms with Crippen molar-refractivity contribution in [3.05, 3.63) is 58.6 Å². The molecule has 0 amide bonds. The molecular weight excluding hydrogens is 312 g/mol. The van der Waals surface area contributed by atoms with Crippen LogP contribution in [-0.4, -0.2) is 6.04 Å². The summed E-state index contributed by atoms with van der Waals surface area (Å²) in [6, 6.07) is 10.3. The minimum atomic E-state index is -0.846. The second kappa shape index (κ2) is 6.34. The molecule has 0 radical (unpaired) electrons. The summed E-state index contributed by atoms with van der Waals surface area (Å²) in [5.41, 5.74) is 1.13. The van der Waals surface area contributed by atoms with Crippen LogP contribution in [0.5, 0.6) is 0 Å². The van der Waals surface area contributed by atoms with Gasteiger partial charge in [0.2, 0.25) is 0 Å². The van der Waals surface area contributed by atoms with Gasteiger partial charge in [-0.05, 0) is 48.7 Å². The first kappa shape index (κ1) is 14.8. The molecule has 0 saturated heterocycles. The fourth-order valence-corrected chi connectivity index (χ4v) is 3.12. The molecule has 0 unspecified atom stereocenters. The van der Waals surface area contributed by atoms with Crippen LogP contribution in [0.2, 0.25) is 5.02 Å². The number of hydrogen-bond acceptors (Lipinski definition) is 2. The maximum Gasteiger partial charge on any atom is 0.159 e. The second-order valence-corrected chi connectivity index (χ2v) is 6.62. The fraction of sp³-hybridized carbons (Fsp3) is 0.250. The summed E-state index contributed by atoms with van der Waals surface area (Å²) >= 11 is 7.59. The van der Waals surface area contributed by atoms with Crippen LogP contribution in [0.15, 0.2) is 46.2 Å². The third-order valence-corrected chi connectivity index (χ3v) is 4.78. The Hall–Kier alpha value is -1.10. The first-order valence-corrected chi connectivity index (χ1v) is 7.96. The Kier molecular flexibility index (Phi) is 4.48. The standard InChI is InChI=1S/C16H14ClF2NS/c17-13-7-10(9-20-11-2-3-11)1-6-16(13)21-12-4-5-14(18)15(19)8-12/h1,4-8,11,20H,2-3,9H2. The SMILES string of the molecule is Fc1ccc(Sc2ccc(CNC3CC3)cc2Cl)cc1F. The Morgan fingerprint density at radius 2 is 1.90 bits per heavy atom. The highest BCUT2D eigenvalue weighted by atomic mass is 35.5. The van der Waals surface area contributed by atoms with Gasteiger partial charge in [-0.3, -0.25) is 0 Å². The lowest BCUT2D eigenvalue weighted by molar-refractivity contribution is 0.506. The van der Waals surface area contributed by atoms with E-state index in [2.05, 4.69) is 5.32 Å². The van der Waals surface area contributed by atoms with Crippen LogP contribution in [0.3, 0.4) is 0 Å². The molecule has 21 heavy (non-hydrogen) atoms. The highest BCUT2D eigenvalue weighted by molar-refractivity contribution is 7.99. The summed E-state index contributed by atoms with van der Waals surface area (Å²) < 4.78 is 26.1. The van der Waals surface area contributed by atoms with Gasteiger partial charge in [0.1, 0.15) is 0 Å². The van der Waals surface area contributed by atoms with E-state index in [1.807, 2.05) is 18.2 Å². The molecule has 1 nitrogen and oxygen atoms in total. The average molecular weight is 326 g/mol. The molecule has 110 valence electrons. The van der Waals surface area contributed by atoms with E-state index in [4.69, 9.17) is 11.6 Å². The molecule has 0 atom stereocenters. The molecular formula is C16H14ClF2NS. The largest absolute Gasteiger partial charge is 0.310 e. The van der Waals surface area contributed by atoms with Gasteiger partial charge >= 0.3 is 0 Å². The Balaban J connectivity index is 1.70. The zero-order valence-corrected chi connectivity index (χ0v) is 12.8. The van der Waals surface area contributed by atoms with Crippen LogP contribution >= 0.6 is 23.4 Å². The lowest BCUT2D eigenvalue weighted by Crippen LogP contribution is -2.15. The van der Waals surface area contributed by atoms with Crippen molar-refractivity contribution < 1.29 is 8.78 Å². The van der Waals surface area contributed by atoms with E-state index in [9.17, 15) is 8.78 Å². The van der Waals surface area contributed by atoms with E-state index in [1.165, 1.54) is 30.7 Å². The van der Waals surface area contributed by atoms with Crippen molar-refractivity contribution in [3.63, 3.8) is 0 Å². The van der Waals surface area contributed by atoms with Gasteiger partial charge in [0.15, 0.2) is 11.6 Å². The molecule has 0 aromatic heterocycles. The number of rotatable bonds is 5. The zero-order valence-electron chi connectivity index (χ0n) is 11.2.